The average Bonchev–Trinajstić information content (AvgIpc) is 3.33. The third kappa shape index (κ3) is 2.00. The van der Waals surface area contributed by atoms with Gasteiger partial charge in [-0.3, -0.25) is 4.79 Å². The summed E-state index contributed by atoms with van der Waals surface area (Å²) < 4.78 is 85.5. The number of thiophene rings is 1. The third-order valence-electron chi connectivity index (χ3n) is 6.70. The number of rotatable bonds is 3. The van der Waals surface area contributed by atoms with Crippen molar-refractivity contribution in [1.82, 2.24) is 5.43 Å². The van der Waals surface area contributed by atoms with E-state index >= 15 is 0 Å². The number of halogens is 7. The number of amides is 1. The summed E-state index contributed by atoms with van der Waals surface area (Å²) in [6.45, 7) is 0. The van der Waals surface area contributed by atoms with E-state index in [4.69, 9.17) is 11.6 Å². The first kappa shape index (κ1) is 20.1. The molecule has 1 aromatic heterocycles. The van der Waals surface area contributed by atoms with Gasteiger partial charge in [0.2, 0.25) is 11.3 Å². The van der Waals surface area contributed by atoms with Crippen molar-refractivity contribution >= 4 is 45.1 Å². The van der Waals surface area contributed by atoms with E-state index in [1.807, 2.05) is 0 Å². The molecule has 0 saturated heterocycles. The van der Waals surface area contributed by atoms with Gasteiger partial charge in [0.1, 0.15) is 4.88 Å². The second kappa shape index (κ2) is 5.91. The molecular formula is C19H13ClF6N2OS. The molecule has 1 aromatic carbocycles. The Kier molecular flexibility index (Phi) is 3.96. The molecule has 160 valence electrons. The van der Waals surface area contributed by atoms with Gasteiger partial charge in [-0.1, -0.05) is 29.8 Å². The van der Waals surface area contributed by atoms with Crippen LogP contribution in [0.4, 0.5) is 26.3 Å². The lowest BCUT2D eigenvalue weighted by molar-refractivity contribution is -0.449. The van der Waals surface area contributed by atoms with Crippen molar-refractivity contribution in [2.24, 2.45) is 22.9 Å². The van der Waals surface area contributed by atoms with Crippen molar-refractivity contribution < 1.29 is 31.1 Å². The Labute approximate surface area is 175 Å². The van der Waals surface area contributed by atoms with Crippen molar-refractivity contribution in [3.8, 4) is 0 Å². The normalized spacial score (nSPS) is 38.0. The summed E-state index contributed by atoms with van der Waals surface area (Å²) in [5.41, 5.74) is -5.62. The number of alkyl halides is 6. The van der Waals surface area contributed by atoms with Crippen LogP contribution in [0, 0.1) is 17.8 Å². The topological polar surface area (TPSA) is 41.5 Å². The van der Waals surface area contributed by atoms with E-state index in [1.165, 1.54) is 0 Å². The number of benzene rings is 1. The van der Waals surface area contributed by atoms with Gasteiger partial charge in [0.25, 0.3) is 5.91 Å². The molecule has 1 N–H and O–H groups in total. The zero-order valence-electron chi connectivity index (χ0n) is 14.9. The molecule has 3 saturated carbocycles. The minimum absolute atomic E-state index is 0.179. The summed E-state index contributed by atoms with van der Waals surface area (Å²) in [6.07, 6.45) is 0.351. The van der Waals surface area contributed by atoms with Crippen molar-refractivity contribution in [2.45, 2.75) is 36.0 Å². The highest BCUT2D eigenvalue weighted by Crippen LogP contribution is 2.81. The summed E-state index contributed by atoms with van der Waals surface area (Å²) in [7, 11) is 0. The Morgan fingerprint density at radius 3 is 2.47 bits per heavy atom. The zero-order valence-corrected chi connectivity index (χ0v) is 16.5. The van der Waals surface area contributed by atoms with E-state index in [9.17, 15) is 31.1 Å². The van der Waals surface area contributed by atoms with E-state index in [1.54, 1.807) is 24.3 Å². The number of nitrogens with zero attached hydrogens (tertiary/aromatic N) is 1. The second-order valence-corrected chi connectivity index (χ2v) is 9.40. The standard InChI is InChI=1S/C19H13ClF6N2OS/c20-13-10-3-1-2-4-12(10)30-14(13)15(29)28-27-7-8-5-9-6-11(8)17(22)16(9,21)18(23,24)19(17,25)26/h1-4,7-9,11H,5-6H2,(H,28,29)/b27-7-/t8-,9-,11-,16-,17-/m0/s1. The molecule has 11 heteroatoms. The van der Waals surface area contributed by atoms with Crippen LogP contribution in [-0.2, 0) is 0 Å². The van der Waals surface area contributed by atoms with E-state index in [0.717, 1.165) is 22.3 Å². The van der Waals surface area contributed by atoms with Gasteiger partial charge in [0.05, 0.1) is 5.02 Å². The van der Waals surface area contributed by atoms with Gasteiger partial charge in [0.15, 0.2) is 0 Å². The lowest BCUT2D eigenvalue weighted by Crippen LogP contribution is -2.88. The number of carbonyl (C=O) groups excluding carboxylic acids is 1. The van der Waals surface area contributed by atoms with Gasteiger partial charge in [-0.2, -0.15) is 22.7 Å². The molecule has 5 atom stereocenters. The van der Waals surface area contributed by atoms with Crippen LogP contribution >= 0.6 is 22.9 Å². The number of hydrogen-bond donors (Lipinski definition) is 1. The number of hydrogen-bond acceptors (Lipinski definition) is 3. The molecule has 0 unspecified atom stereocenters. The number of carbonyl (C=O) groups is 1. The summed E-state index contributed by atoms with van der Waals surface area (Å²) in [5, 5.41) is 4.59. The molecule has 0 aliphatic heterocycles. The molecular weight excluding hydrogens is 454 g/mol. The quantitative estimate of drug-likeness (QED) is 0.356. The zero-order chi connectivity index (χ0) is 21.7. The average molecular weight is 467 g/mol. The maximum absolute atomic E-state index is 14.9. The van der Waals surface area contributed by atoms with Gasteiger partial charge >= 0.3 is 11.8 Å². The molecule has 3 aliphatic carbocycles. The Bertz CT molecular complexity index is 1110. The summed E-state index contributed by atoms with van der Waals surface area (Å²) in [4.78, 5) is 12.5. The highest BCUT2D eigenvalue weighted by Gasteiger charge is 3.03. The minimum atomic E-state index is -5.09. The fraction of sp³-hybridized carbons (Fsp3) is 0.474. The first-order valence-electron chi connectivity index (χ1n) is 9.12. The van der Waals surface area contributed by atoms with Crippen LogP contribution in [0.15, 0.2) is 29.4 Å². The molecule has 3 fully saturated rings. The first-order valence-corrected chi connectivity index (χ1v) is 10.3. The molecule has 5 rings (SSSR count). The Hall–Kier alpha value is -1.81. The Morgan fingerprint density at radius 1 is 1.10 bits per heavy atom. The maximum atomic E-state index is 14.9. The van der Waals surface area contributed by atoms with E-state index in [2.05, 4.69) is 10.5 Å². The molecule has 1 amide bonds. The SMILES string of the molecule is O=C(N/N=C\[C@@H]1C[C@H]2C[C@@H]1[C@@]1(F)C(F)(F)C(F)(F)[C@]21F)c1sc2ccccc2c1Cl. The summed E-state index contributed by atoms with van der Waals surface area (Å²) in [5.74, 6) is -15.0. The van der Waals surface area contributed by atoms with Crippen LogP contribution in [-0.4, -0.2) is 35.3 Å². The number of hydrazone groups is 1. The summed E-state index contributed by atoms with van der Waals surface area (Å²) >= 11 is 7.32. The molecule has 3 nitrogen and oxygen atoms in total. The van der Waals surface area contributed by atoms with Crippen molar-refractivity contribution in [1.29, 1.82) is 0 Å². The number of nitrogens with one attached hydrogen (secondary N) is 1. The lowest BCUT2D eigenvalue weighted by atomic mass is 9.53. The maximum Gasteiger partial charge on any atom is 0.350 e. The monoisotopic (exact) mass is 466 g/mol. The molecule has 3 aliphatic rings. The highest BCUT2D eigenvalue weighted by molar-refractivity contribution is 7.21. The van der Waals surface area contributed by atoms with Gasteiger partial charge in [-0.05, 0) is 18.9 Å². The smallest absolute Gasteiger partial charge is 0.266 e. The Morgan fingerprint density at radius 2 is 1.77 bits per heavy atom. The van der Waals surface area contributed by atoms with Gasteiger partial charge in [0, 0.05) is 34.1 Å². The lowest BCUT2D eigenvalue weighted by Gasteiger charge is -2.61. The van der Waals surface area contributed by atoms with E-state index < -0.39 is 53.3 Å². The van der Waals surface area contributed by atoms with Crippen molar-refractivity contribution in [3.05, 3.63) is 34.2 Å². The number of fused-ring (bicyclic) bond motifs is 6. The van der Waals surface area contributed by atoms with Crippen LogP contribution in [0.1, 0.15) is 22.5 Å². The molecule has 2 aromatic rings. The van der Waals surface area contributed by atoms with E-state index in [0.29, 0.717) is 5.39 Å². The predicted octanol–water partition coefficient (Wildman–Crippen LogP) is 5.63. The molecule has 2 bridgehead atoms. The van der Waals surface area contributed by atoms with Crippen molar-refractivity contribution in [3.63, 3.8) is 0 Å². The highest BCUT2D eigenvalue weighted by atomic mass is 35.5. The van der Waals surface area contributed by atoms with Crippen LogP contribution in [0.25, 0.3) is 10.1 Å². The minimum Gasteiger partial charge on any atom is -0.266 e. The molecule has 30 heavy (non-hydrogen) atoms. The third-order valence-corrected chi connectivity index (χ3v) is 8.37. The Balaban J connectivity index is 1.33. The molecule has 1 heterocycles. The van der Waals surface area contributed by atoms with Gasteiger partial charge < -0.3 is 0 Å². The second-order valence-electron chi connectivity index (χ2n) is 7.97. The van der Waals surface area contributed by atoms with Crippen LogP contribution in [0.3, 0.4) is 0 Å². The predicted molar refractivity (Wildman–Crippen MR) is 100 cm³/mol. The fourth-order valence-electron chi connectivity index (χ4n) is 5.33. The largest absolute Gasteiger partial charge is 0.350 e. The molecule has 0 spiro atoms. The first-order chi connectivity index (χ1) is 14.0. The van der Waals surface area contributed by atoms with Gasteiger partial charge in [-0.25, -0.2) is 14.2 Å². The van der Waals surface area contributed by atoms with Crippen LogP contribution < -0.4 is 5.43 Å². The molecule has 0 radical (unpaired) electrons. The van der Waals surface area contributed by atoms with Crippen LogP contribution in [0.5, 0.6) is 0 Å². The van der Waals surface area contributed by atoms with Gasteiger partial charge in [-0.15, -0.1) is 11.3 Å². The fourth-order valence-corrected chi connectivity index (χ4v) is 6.73. The summed E-state index contributed by atoms with van der Waals surface area (Å²) in [6, 6.07) is 7.05. The van der Waals surface area contributed by atoms with E-state index in [-0.39, 0.29) is 16.3 Å². The van der Waals surface area contributed by atoms with Crippen molar-refractivity contribution in [2.75, 3.05) is 0 Å². The van der Waals surface area contributed by atoms with Crippen LogP contribution in [0.2, 0.25) is 5.02 Å².